The molecule has 0 saturated heterocycles. The van der Waals surface area contributed by atoms with Gasteiger partial charge >= 0.3 is 5.97 Å². The number of aromatic nitrogens is 2. The zero-order chi connectivity index (χ0) is 12.6. The van der Waals surface area contributed by atoms with E-state index < -0.39 is 5.97 Å². The summed E-state index contributed by atoms with van der Waals surface area (Å²) in [4.78, 5) is 11.0. The second kappa shape index (κ2) is 4.05. The summed E-state index contributed by atoms with van der Waals surface area (Å²) in [7, 11) is 0. The third kappa shape index (κ3) is 1.93. The Labute approximate surface area is 99.5 Å². The van der Waals surface area contributed by atoms with Crippen LogP contribution in [0.25, 0.3) is 5.69 Å². The molecule has 0 amide bonds. The van der Waals surface area contributed by atoms with E-state index in [0.717, 1.165) is 16.8 Å². The average Bonchev–Trinajstić information content (AvgIpc) is 2.64. The Balaban J connectivity index is 2.58. The van der Waals surface area contributed by atoms with Crippen LogP contribution >= 0.6 is 0 Å². The van der Waals surface area contributed by atoms with Crippen LogP contribution in [0, 0.1) is 20.8 Å². The maximum atomic E-state index is 11.0. The van der Waals surface area contributed by atoms with E-state index in [1.165, 1.54) is 0 Å². The van der Waals surface area contributed by atoms with Gasteiger partial charge in [0.25, 0.3) is 0 Å². The number of carboxylic acids is 1. The first-order valence-corrected chi connectivity index (χ1v) is 5.37. The molecular weight excluding hydrogens is 216 g/mol. The molecule has 1 N–H and O–H groups in total. The highest BCUT2D eigenvalue weighted by molar-refractivity contribution is 5.88. The lowest BCUT2D eigenvalue weighted by molar-refractivity contribution is 0.0696. The van der Waals surface area contributed by atoms with Crippen molar-refractivity contribution in [3.63, 3.8) is 0 Å². The lowest BCUT2D eigenvalue weighted by atomic mass is 10.1. The van der Waals surface area contributed by atoms with Crippen LogP contribution < -0.4 is 0 Å². The van der Waals surface area contributed by atoms with Crippen LogP contribution in [0.1, 0.15) is 27.2 Å². The Hall–Kier alpha value is -2.10. The van der Waals surface area contributed by atoms with Crippen LogP contribution in [0.4, 0.5) is 0 Å². The van der Waals surface area contributed by atoms with E-state index in [1.807, 2.05) is 32.0 Å². The van der Waals surface area contributed by atoms with Gasteiger partial charge in [0.05, 0.1) is 11.4 Å². The van der Waals surface area contributed by atoms with Crippen molar-refractivity contribution in [3.8, 4) is 5.69 Å². The normalized spacial score (nSPS) is 10.5. The van der Waals surface area contributed by atoms with E-state index in [1.54, 1.807) is 17.8 Å². The molecule has 0 unspecified atom stereocenters. The molecular formula is C13H14N2O2. The van der Waals surface area contributed by atoms with Gasteiger partial charge in [-0.15, -0.1) is 0 Å². The minimum Gasteiger partial charge on any atom is -0.478 e. The summed E-state index contributed by atoms with van der Waals surface area (Å²) in [5.41, 5.74) is 3.95. The van der Waals surface area contributed by atoms with E-state index in [9.17, 15) is 4.79 Å². The first-order chi connectivity index (χ1) is 8.00. The maximum absolute atomic E-state index is 11.0. The van der Waals surface area contributed by atoms with Gasteiger partial charge in [-0.2, -0.15) is 5.10 Å². The summed E-state index contributed by atoms with van der Waals surface area (Å²) in [6.45, 7) is 5.72. The molecule has 1 heterocycles. The molecule has 17 heavy (non-hydrogen) atoms. The van der Waals surface area contributed by atoms with Crippen LogP contribution in [0.15, 0.2) is 24.4 Å². The van der Waals surface area contributed by atoms with E-state index in [0.29, 0.717) is 5.69 Å². The second-order valence-electron chi connectivity index (χ2n) is 4.10. The second-order valence-corrected chi connectivity index (χ2v) is 4.10. The fourth-order valence-electron chi connectivity index (χ4n) is 1.78. The third-order valence-electron chi connectivity index (χ3n) is 2.95. The van der Waals surface area contributed by atoms with Crippen LogP contribution in [-0.4, -0.2) is 20.9 Å². The molecule has 0 saturated carbocycles. The molecule has 0 aliphatic heterocycles. The molecule has 0 bridgehead atoms. The predicted octanol–water partition coefficient (Wildman–Crippen LogP) is 2.50. The molecule has 4 heteroatoms. The molecule has 1 aromatic carbocycles. The molecule has 88 valence electrons. The number of aryl methyl sites for hydroxylation is 2. The van der Waals surface area contributed by atoms with Gasteiger partial charge in [-0.25, -0.2) is 9.48 Å². The molecule has 0 aliphatic carbocycles. The Morgan fingerprint density at radius 3 is 2.59 bits per heavy atom. The monoisotopic (exact) mass is 230 g/mol. The maximum Gasteiger partial charge on any atom is 0.339 e. The number of hydrogen-bond acceptors (Lipinski definition) is 2. The quantitative estimate of drug-likeness (QED) is 0.862. The molecule has 0 aliphatic rings. The standard InChI is InChI=1S/C13H14N2O2/c1-8-5-4-6-12(9(8)2)15-7-11(13(16)17)10(3)14-15/h4-7H,1-3H3,(H,16,17). The lowest BCUT2D eigenvalue weighted by Crippen LogP contribution is -1.99. The number of carboxylic acid groups (broad SMARTS) is 1. The van der Waals surface area contributed by atoms with Crippen molar-refractivity contribution < 1.29 is 9.90 Å². The van der Waals surface area contributed by atoms with Gasteiger partial charge in [-0.05, 0) is 38.0 Å². The van der Waals surface area contributed by atoms with Gasteiger partial charge in [0.1, 0.15) is 5.56 Å². The fraction of sp³-hybridized carbons (Fsp3) is 0.231. The van der Waals surface area contributed by atoms with Gasteiger partial charge in [0.15, 0.2) is 0 Å². The van der Waals surface area contributed by atoms with Gasteiger partial charge in [0.2, 0.25) is 0 Å². The predicted molar refractivity (Wildman–Crippen MR) is 64.7 cm³/mol. The summed E-state index contributed by atoms with van der Waals surface area (Å²) < 4.78 is 1.63. The number of hydrogen-bond donors (Lipinski definition) is 1. The zero-order valence-corrected chi connectivity index (χ0v) is 10.1. The zero-order valence-electron chi connectivity index (χ0n) is 10.1. The molecule has 0 fully saturated rings. The van der Waals surface area contributed by atoms with Gasteiger partial charge < -0.3 is 5.11 Å². The minimum absolute atomic E-state index is 0.242. The molecule has 1 aromatic heterocycles. The molecule has 0 radical (unpaired) electrons. The Bertz CT molecular complexity index is 585. The summed E-state index contributed by atoms with van der Waals surface area (Å²) in [6.07, 6.45) is 1.56. The van der Waals surface area contributed by atoms with E-state index in [-0.39, 0.29) is 5.56 Å². The Morgan fingerprint density at radius 2 is 2.00 bits per heavy atom. The van der Waals surface area contributed by atoms with Crippen molar-refractivity contribution in [2.24, 2.45) is 0 Å². The van der Waals surface area contributed by atoms with E-state index >= 15 is 0 Å². The van der Waals surface area contributed by atoms with Crippen molar-refractivity contribution in [2.45, 2.75) is 20.8 Å². The van der Waals surface area contributed by atoms with Crippen LogP contribution in [0.3, 0.4) is 0 Å². The third-order valence-corrected chi connectivity index (χ3v) is 2.95. The first kappa shape index (κ1) is 11.4. The number of aromatic carboxylic acids is 1. The number of carbonyl (C=O) groups is 1. The summed E-state index contributed by atoms with van der Waals surface area (Å²) >= 11 is 0. The van der Waals surface area contributed by atoms with Crippen LogP contribution in [0.5, 0.6) is 0 Å². The topological polar surface area (TPSA) is 55.1 Å². The largest absolute Gasteiger partial charge is 0.478 e. The summed E-state index contributed by atoms with van der Waals surface area (Å²) in [5.74, 6) is -0.945. The number of nitrogens with zero attached hydrogens (tertiary/aromatic N) is 2. The minimum atomic E-state index is -0.945. The molecule has 0 atom stereocenters. The first-order valence-electron chi connectivity index (χ1n) is 5.37. The molecule has 0 spiro atoms. The molecule has 2 aromatic rings. The van der Waals surface area contributed by atoms with Crippen molar-refractivity contribution in [2.75, 3.05) is 0 Å². The van der Waals surface area contributed by atoms with Crippen molar-refractivity contribution in [3.05, 3.63) is 46.8 Å². The van der Waals surface area contributed by atoms with Crippen molar-refractivity contribution >= 4 is 5.97 Å². The van der Waals surface area contributed by atoms with Gasteiger partial charge in [0, 0.05) is 6.20 Å². The Kier molecular flexibility index (Phi) is 2.71. The number of benzene rings is 1. The van der Waals surface area contributed by atoms with Crippen LogP contribution in [-0.2, 0) is 0 Å². The van der Waals surface area contributed by atoms with Crippen molar-refractivity contribution in [1.82, 2.24) is 9.78 Å². The molecule has 2 rings (SSSR count). The number of rotatable bonds is 2. The highest BCUT2D eigenvalue weighted by Gasteiger charge is 2.13. The average molecular weight is 230 g/mol. The highest BCUT2D eigenvalue weighted by atomic mass is 16.4. The van der Waals surface area contributed by atoms with E-state index in [4.69, 9.17) is 5.11 Å². The molecule has 4 nitrogen and oxygen atoms in total. The van der Waals surface area contributed by atoms with Gasteiger partial charge in [-0.3, -0.25) is 0 Å². The fourth-order valence-corrected chi connectivity index (χ4v) is 1.78. The summed E-state index contributed by atoms with van der Waals surface area (Å²) in [5, 5.41) is 13.2. The van der Waals surface area contributed by atoms with Gasteiger partial charge in [-0.1, -0.05) is 12.1 Å². The highest BCUT2D eigenvalue weighted by Crippen LogP contribution is 2.18. The Morgan fingerprint density at radius 1 is 1.29 bits per heavy atom. The lowest BCUT2D eigenvalue weighted by Gasteiger charge is -2.07. The van der Waals surface area contributed by atoms with Crippen molar-refractivity contribution in [1.29, 1.82) is 0 Å². The smallest absolute Gasteiger partial charge is 0.339 e. The summed E-state index contributed by atoms with van der Waals surface area (Å²) in [6, 6.07) is 5.89. The van der Waals surface area contributed by atoms with E-state index in [2.05, 4.69) is 5.10 Å². The van der Waals surface area contributed by atoms with Crippen LogP contribution in [0.2, 0.25) is 0 Å². The SMILES string of the molecule is Cc1cccc(-n2cc(C(=O)O)c(C)n2)c1C.